The normalized spacial score (nSPS) is 38.4. The van der Waals surface area contributed by atoms with E-state index in [0.717, 1.165) is 38.5 Å². The molecule has 1 heterocycles. The molecule has 0 radical (unpaired) electrons. The molecule has 140 valence electrons. The number of carbonyl (C=O) groups excluding carboxylic acids is 1. The molecule has 4 aliphatic rings. The van der Waals surface area contributed by atoms with E-state index in [2.05, 4.69) is 5.32 Å². The van der Waals surface area contributed by atoms with Crippen molar-refractivity contribution in [2.45, 2.75) is 95.3 Å². The van der Waals surface area contributed by atoms with Crippen LogP contribution in [-0.4, -0.2) is 31.3 Å². The van der Waals surface area contributed by atoms with E-state index >= 15 is 0 Å². The van der Waals surface area contributed by atoms with Gasteiger partial charge >= 0.3 is 0 Å². The van der Waals surface area contributed by atoms with Crippen molar-refractivity contribution in [2.75, 3.05) is 7.11 Å². The molecule has 1 amide bonds. The average molecular weight is 347 g/mol. The third kappa shape index (κ3) is 3.47. The van der Waals surface area contributed by atoms with Crippen LogP contribution < -0.4 is 5.32 Å². The van der Waals surface area contributed by atoms with Crippen molar-refractivity contribution >= 4 is 5.91 Å². The van der Waals surface area contributed by atoms with Crippen LogP contribution in [-0.2, 0) is 14.3 Å². The van der Waals surface area contributed by atoms with E-state index in [-0.39, 0.29) is 30.1 Å². The summed E-state index contributed by atoms with van der Waals surface area (Å²) in [7, 11) is 1.78. The minimum Gasteiger partial charge on any atom is -0.494 e. The first-order valence-corrected chi connectivity index (χ1v) is 10.5. The minimum absolute atomic E-state index is 0.0498. The van der Waals surface area contributed by atoms with Crippen LogP contribution in [0.4, 0.5) is 0 Å². The first-order chi connectivity index (χ1) is 12.3. The lowest BCUT2D eigenvalue weighted by Gasteiger charge is -2.45. The van der Waals surface area contributed by atoms with Gasteiger partial charge in [-0.2, -0.15) is 0 Å². The van der Waals surface area contributed by atoms with Crippen LogP contribution in [0.25, 0.3) is 0 Å². The van der Waals surface area contributed by atoms with E-state index in [9.17, 15) is 4.79 Å². The number of methoxy groups -OCH3 is 1. The predicted molar refractivity (Wildman–Crippen MR) is 97.0 cm³/mol. The van der Waals surface area contributed by atoms with Crippen LogP contribution in [0.2, 0.25) is 0 Å². The fourth-order valence-electron chi connectivity index (χ4n) is 5.63. The first-order valence-electron chi connectivity index (χ1n) is 10.5. The standard InChI is InChI=1S/C21H33NO3/c1-24-19-13-7-4-10-16(19)22-21(23)20-14-8-2-5-11-17(14)25-18-12-6-3-9-15(18)20/h14,16-17,19-20H,2-13H2,1H3,(H,22,23). The molecule has 0 aromatic carbocycles. The van der Waals surface area contributed by atoms with Crippen LogP contribution in [0.5, 0.6) is 0 Å². The average Bonchev–Trinajstić information content (AvgIpc) is 2.66. The molecule has 0 aromatic heterocycles. The number of allylic oxidation sites excluding steroid dienone is 1. The van der Waals surface area contributed by atoms with Crippen LogP contribution in [0.1, 0.15) is 77.0 Å². The summed E-state index contributed by atoms with van der Waals surface area (Å²) in [6.45, 7) is 0. The predicted octanol–water partition coefficient (Wildman–Crippen LogP) is 4.09. The monoisotopic (exact) mass is 347 g/mol. The summed E-state index contributed by atoms with van der Waals surface area (Å²) in [5.74, 6) is 1.86. The highest BCUT2D eigenvalue weighted by atomic mass is 16.5. The van der Waals surface area contributed by atoms with Crippen molar-refractivity contribution in [3.8, 4) is 0 Å². The number of hydrogen-bond acceptors (Lipinski definition) is 3. The number of nitrogens with one attached hydrogen (secondary N) is 1. The molecule has 0 aromatic rings. The quantitative estimate of drug-likeness (QED) is 0.836. The fourth-order valence-corrected chi connectivity index (χ4v) is 5.63. The molecular weight excluding hydrogens is 314 g/mol. The molecular formula is C21H33NO3. The summed E-state index contributed by atoms with van der Waals surface area (Å²) < 4.78 is 12.0. The number of amides is 1. The Morgan fingerprint density at radius 3 is 2.64 bits per heavy atom. The van der Waals surface area contributed by atoms with E-state index in [4.69, 9.17) is 9.47 Å². The lowest BCUT2D eigenvalue weighted by Crippen LogP contribution is -2.52. The van der Waals surface area contributed by atoms with Gasteiger partial charge in [0, 0.05) is 19.4 Å². The summed E-state index contributed by atoms with van der Waals surface area (Å²) in [6.07, 6.45) is 14.2. The molecule has 25 heavy (non-hydrogen) atoms. The summed E-state index contributed by atoms with van der Waals surface area (Å²) in [6, 6.07) is 0.184. The molecule has 1 aliphatic heterocycles. The van der Waals surface area contributed by atoms with Crippen LogP contribution >= 0.6 is 0 Å². The number of rotatable bonds is 3. The fraction of sp³-hybridized carbons (Fsp3) is 0.857. The van der Waals surface area contributed by atoms with E-state index in [1.54, 1.807) is 7.11 Å². The van der Waals surface area contributed by atoms with Gasteiger partial charge in [0.25, 0.3) is 0 Å². The Kier molecular flexibility index (Phi) is 5.35. The van der Waals surface area contributed by atoms with Gasteiger partial charge in [0.1, 0.15) is 6.10 Å². The summed E-state index contributed by atoms with van der Waals surface area (Å²) >= 11 is 0. The molecule has 5 atom stereocenters. The zero-order valence-corrected chi connectivity index (χ0v) is 15.6. The highest BCUT2D eigenvalue weighted by Gasteiger charge is 2.45. The smallest absolute Gasteiger partial charge is 0.228 e. The molecule has 2 fully saturated rings. The van der Waals surface area contributed by atoms with Crippen molar-refractivity contribution in [3.05, 3.63) is 11.3 Å². The zero-order valence-electron chi connectivity index (χ0n) is 15.6. The van der Waals surface area contributed by atoms with Gasteiger partial charge in [-0.25, -0.2) is 0 Å². The Hall–Kier alpha value is -1.03. The number of carbonyl (C=O) groups is 1. The number of fused-ring (bicyclic) bond motifs is 1. The molecule has 0 saturated heterocycles. The van der Waals surface area contributed by atoms with Gasteiger partial charge in [-0.3, -0.25) is 4.79 Å². The Morgan fingerprint density at radius 2 is 1.76 bits per heavy atom. The largest absolute Gasteiger partial charge is 0.494 e. The molecule has 4 nitrogen and oxygen atoms in total. The highest BCUT2D eigenvalue weighted by Crippen LogP contribution is 2.46. The van der Waals surface area contributed by atoms with Crippen LogP contribution in [0, 0.1) is 11.8 Å². The Bertz CT molecular complexity index is 529. The van der Waals surface area contributed by atoms with E-state index in [1.165, 1.54) is 49.9 Å². The Labute approximate surface area is 151 Å². The van der Waals surface area contributed by atoms with Gasteiger partial charge in [-0.1, -0.05) is 19.3 Å². The Morgan fingerprint density at radius 1 is 1.00 bits per heavy atom. The van der Waals surface area contributed by atoms with Crippen molar-refractivity contribution in [1.29, 1.82) is 0 Å². The van der Waals surface area contributed by atoms with Gasteiger partial charge in [0.15, 0.2) is 0 Å². The molecule has 5 unspecified atom stereocenters. The van der Waals surface area contributed by atoms with Gasteiger partial charge in [0.05, 0.1) is 23.8 Å². The maximum absolute atomic E-state index is 13.4. The number of ether oxygens (including phenoxy) is 2. The van der Waals surface area contributed by atoms with Gasteiger partial charge in [-0.15, -0.1) is 0 Å². The molecule has 0 bridgehead atoms. The SMILES string of the molecule is COC1CCCCC1NC(=O)C1C2=C(CCCC2)OC2CCCCC21. The molecule has 3 aliphatic carbocycles. The summed E-state index contributed by atoms with van der Waals surface area (Å²) in [4.78, 5) is 13.4. The second kappa shape index (κ2) is 7.69. The number of hydrogen-bond donors (Lipinski definition) is 1. The molecule has 4 rings (SSSR count). The van der Waals surface area contributed by atoms with Crippen molar-refractivity contribution in [1.82, 2.24) is 5.32 Å². The van der Waals surface area contributed by atoms with Crippen LogP contribution in [0.3, 0.4) is 0 Å². The van der Waals surface area contributed by atoms with E-state index in [1.807, 2.05) is 0 Å². The minimum atomic E-state index is 0.0498. The van der Waals surface area contributed by atoms with Gasteiger partial charge in [0.2, 0.25) is 5.91 Å². The van der Waals surface area contributed by atoms with Gasteiger partial charge < -0.3 is 14.8 Å². The van der Waals surface area contributed by atoms with Gasteiger partial charge in [-0.05, 0) is 56.9 Å². The molecule has 1 N–H and O–H groups in total. The topological polar surface area (TPSA) is 47.6 Å². The third-order valence-electron chi connectivity index (χ3n) is 6.92. The van der Waals surface area contributed by atoms with Crippen molar-refractivity contribution in [2.24, 2.45) is 11.8 Å². The second-order valence-corrected chi connectivity index (χ2v) is 8.41. The van der Waals surface area contributed by atoms with E-state index in [0.29, 0.717) is 5.92 Å². The third-order valence-corrected chi connectivity index (χ3v) is 6.92. The Balaban J connectivity index is 1.55. The lowest BCUT2D eigenvalue weighted by atomic mass is 9.70. The highest BCUT2D eigenvalue weighted by molar-refractivity contribution is 5.82. The lowest BCUT2D eigenvalue weighted by molar-refractivity contribution is -0.132. The summed E-state index contributed by atoms with van der Waals surface area (Å²) in [5.41, 5.74) is 1.33. The maximum atomic E-state index is 13.4. The van der Waals surface area contributed by atoms with Crippen LogP contribution in [0.15, 0.2) is 11.3 Å². The second-order valence-electron chi connectivity index (χ2n) is 8.41. The van der Waals surface area contributed by atoms with Crippen molar-refractivity contribution < 1.29 is 14.3 Å². The maximum Gasteiger partial charge on any atom is 0.228 e. The molecule has 0 spiro atoms. The molecule has 2 saturated carbocycles. The van der Waals surface area contributed by atoms with E-state index < -0.39 is 0 Å². The molecule has 4 heteroatoms. The first kappa shape index (κ1) is 17.4. The summed E-state index contributed by atoms with van der Waals surface area (Å²) in [5, 5.41) is 3.40. The van der Waals surface area contributed by atoms with Crippen molar-refractivity contribution in [3.63, 3.8) is 0 Å². The zero-order chi connectivity index (χ0) is 17.2.